The number of nitrogens with zero attached hydrogens (tertiary/aromatic N) is 2. The van der Waals surface area contributed by atoms with Crippen LogP contribution < -0.4 is 0 Å². The predicted molar refractivity (Wildman–Crippen MR) is 102 cm³/mol. The smallest absolute Gasteiger partial charge is 0.302 e. The van der Waals surface area contributed by atoms with E-state index in [2.05, 4.69) is 33.4 Å². The van der Waals surface area contributed by atoms with Crippen LogP contribution in [0.2, 0.25) is 0 Å². The van der Waals surface area contributed by atoms with Crippen LogP contribution in [0.4, 0.5) is 0 Å². The van der Waals surface area contributed by atoms with E-state index in [0.29, 0.717) is 11.8 Å². The summed E-state index contributed by atoms with van der Waals surface area (Å²) in [6.07, 6.45) is 6.69. The molecule has 0 aromatic rings. The Kier molecular flexibility index (Phi) is 5.87. The van der Waals surface area contributed by atoms with Gasteiger partial charge in [0.25, 0.3) is 0 Å². The molecule has 4 nitrogen and oxygen atoms in total. The van der Waals surface area contributed by atoms with Crippen LogP contribution >= 0.6 is 7.67 Å². The van der Waals surface area contributed by atoms with Gasteiger partial charge in [0.2, 0.25) is 0 Å². The summed E-state index contributed by atoms with van der Waals surface area (Å²) >= 11 is 0. The molecule has 0 unspecified atom stereocenters. The summed E-state index contributed by atoms with van der Waals surface area (Å²) in [6.45, 7) is 11.0. The first-order valence-corrected chi connectivity index (χ1v) is 10.5. The van der Waals surface area contributed by atoms with Gasteiger partial charge in [0, 0.05) is 0 Å². The Balaban J connectivity index is 2.26. The van der Waals surface area contributed by atoms with Gasteiger partial charge in [-0.25, -0.2) is 9.34 Å². The molecule has 1 fully saturated rings. The standard InChI is InChI=1S/C19H35N2O2P/c1-14(2)16-9-10-17-11-12-18(15(3)19(17,4)13-16)23-24(22,20(5)6)21(7)8/h11,15-16,18H,1,9-10,12-13H2,2-8H3/t15-,16-,18-,19-/m1/s1. The summed E-state index contributed by atoms with van der Waals surface area (Å²) in [6, 6.07) is 0. The molecule has 138 valence electrons. The third-order valence-corrected chi connectivity index (χ3v) is 8.87. The van der Waals surface area contributed by atoms with E-state index in [4.69, 9.17) is 4.52 Å². The first-order valence-electron chi connectivity index (χ1n) is 9.01. The second kappa shape index (κ2) is 7.07. The van der Waals surface area contributed by atoms with Gasteiger partial charge in [-0.2, -0.15) is 0 Å². The van der Waals surface area contributed by atoms with E-state index in [1.807, 2.05) is 28.2 Å². The highest BCUT2D eigenvalue weighted by atomic mass is 31.2. The van der Waals surface area contributed by atoms with Crippen LogP contribution in [-0.2, 0) is 9.09 Å². The number of hydrogen-bond acceptors (Lipinski definition) is 2. The number of hydrogen-bond donors (Lipinski definition) is 0. The van der Waals surface area contributed by atoms with Crippen LogP contribution in [0.15, 0.2) is 23.8 Å². The van der Waals surface area contributed by atoms with E-state index >= 15 is 0 Å². The van der Waals surface area contributed by atoms with Crippen molar-refractivity contribution in [3.8, 4) is 0 Å². The third kappa shape index (κ3) is 3.44. The van der Waals surface area contributed by atoms with Gasteiger partial charge in [-0.1, -0.05) is 37.6 Å². The Morgan fingerprint density at radius 2 is 1.92 bits per heavy atom. The van der Waals surface area contributed by atoms with Crippen molar-refractivity contribution in [2.24, 2.45) is 17.3 Å². The highest BCUT2D eigenvalue weighted by Crippen LogP contribution is 2.58. The maximum Gasteiger partial charge on any atom is 0.345 e. The summed E-state index contributed by atoms with van der Waals surface area (Å²) in [5.41, 5.74) is 2.98. The first kappa shape index (κ1) is 19.9. The van der Waals surface area contributed by atoms with E-state index in [9.17, 15) is 4.57 Å². The molecule has 0 spiro atoms. The second-order valence-electron chi connectivity index (χ2n) is 8.29. The monoisotopic (exact) mass is 354 g/mol. The van der Waals surface area contributed by atoms with Crippen molar-refractivity contribution in [3.63, 3.8) is 0 Å². The maximum atomic E-state index is 13.3. The Bertz CT molecular complexity index is 558. The molecular weight excluding hydrogens is 319 g/mol. The van der Waals surface area contributed by atoms with Gasteiger partial charge in [0.05, 0.1) is 6.10 Å². The summed E-state index contributed by atoms with van der Waals surface area (Å²) in [5, 5.41) is 0. The fourth-order valence-electron chi connectivity index (χ4n) is 4.32. The fraction of sp³-hybridized carbons (Fsp3) is 0.789. The van der Waals surface area contributed by atoms with E-state index in [1.165, 1.54) is 12.0 Å². The van der Waals surface area contributed by atoms with Gasteiger partial charge in [-0.15, -0.1) is 0 Å². The minimum absolute atomic E-state index is 0.0155. The van der Waals surface area contributed by atoms with Crippen LogP contribution in [0.25, 0.3) is 0 Å². The lowest BCUT2D eigenvalue weighted by atomic mass is 9.57. The van der Waals surface area contributed by atoms with Gasteiger partial charge in [-0.3, -0.25) is 4.57 Å². The zero-order valence-electron chi connectivity index (χ0n) is 16.5. The summed E-state index contributed by atoms with van der Waals surface area (Å²) in [5.74, 6) is 0.927. The van der Waals surface area contributed by atoms with Crippen molar-refractivity contribution < 1.29 is 9.09 Å². The lowest BCUT2D eigenvalue weighted by Gasteiger charge is -2.50. The molecule has 24 heavy (non-hydrogen) atoms. The van der Waals surface area contributed by atoms with Crippen molar-refractivity contribution >= 4 is 7.67 Å². The molecule has 0 radical (unpaired) electrons. The molecule has 0 heterocycles. The van der Waals surface area contributed by atoms with Crippen molar-refractivity contribution in [3.05, 3.63) is 23.8 Å². The molecular formula is C19H35N2O2P. The molecule has 0 aromatic heterocycles. The third-order valence-electron chi connectivity index (χ3n) is 6.31. The predicted octanol–water partition coefficient (Wildman–Crippen LogP) is 4.95. The van der Waals surface area contributed by atoms with Crippen LogP contribution in [0.5, 0.6) is 0 Å². The molecule has 2 aliphatic carbocycles. The van der Waals surface area contributed by atoms with Crippen molar-refractivity contribution in [1.29, 1.82) is 0 Å². The molecule has 0 saturated heterocycles. The average molecular weight is 354 g/mol. The zero-order valence-corrected chi connectivity index (χ0v) is 17.4. The molecule has 4 atom stereocenters. The van der Waals surface area contributed by atoms with E-state index in [0.717, 1.165) is 19.3 Å². The van der Waals surface area contributed by atoms with Gasteiger partial charge < -0.3 is 4.52 Å². The minimum Gasteiger partial charge on any atom is -0.302 e. The first-order chi connectivity index (χ1) is 11.0. The molecule has 0 amide bonds. The topological polar surface area (TPSA) is 32.8 Å². The van der Waals surface area contributed by atoms with Crippen molar-refractivity contribution in [2.45, 2.75) is 52.6 Å². The minimum atomic E-state index is -2.96. The zero-order chi connectivity index (χ0) is 18.3. The Morgan fingerprint density at radius 3 is 2.42 bits per heavy atom. The van der Waals surface area contributed by atoms with Gasteiger partial charge in [0.1, 0.15) is 0 Å². The Labute approximate surface area is 148 Å². The van der Waals surface area contributed by atoms with Crippen LogP contribution in [0.3, 0.4) is 0 Å². The maximum absolute atomic E-state index is 13.3. The van der Waals surface area contributed by atoms with E-state index < -0.39 is 7.67 Å². The van der Waals surface area contributed by atoms with Crippen LogP contribution in [-0.4, -0.2) is 43.6 Å². The molecule has 2 rings (SSSR count). The second-order valence-corrected chi connectivity index (χ2v) is 11.1. The van der Waals surface area contributed by atoms with Gasteiger partial charge in [-0.05, 0) is 78.0 Å². The molecule has 0 aliphatic heterocycles. The molecule has 0 N–H and O–H groups in total. The van der Waals surface area contributed by atoms with Crippen molar-refractivity contribution in [2.75, 3.05) is 28.2 Å². The summed E-state index contributed by atoms with van der Waals surface area (Å²) in [7, 11) is 4.35. The molecule has 0 bridgehead atoms. The van der Waals surface area contributed by atoms with Gasteiger partial charge >= 0.3 is 7.67 Å². The molecule has 0 aromatic carbocycles. The lowest BCUT2D eigenvalue weighted by molar-refractivity contribution is 0.0312. The molecule has 5 heteroatoms. The average Bonchev–Trinajstić information content (AvgIpc) is 2.49. The van der Waals surface area contributed by atoms with Crippen molar-refractivity contribution in [1.82, 2.24) is 9.34 Å². The quantitative estimate of drug-likeness (QED) is 0.516. The normalized spacial score (nSPS) is 34.2. The summed E-state index contributed by atoms with van der Waals surface area (Å²) < 4.78 is 23.0. The number of allylic oxidation sites excluding steroid dienone is 2. The Hall–Kier alpha value is -0.410. The van der Waals surface area contributed by atoms with E-state index in [1.54, 1.807) is 14.9 Å². The molecule has 2 aliphatic rings. The highest BCUT2D eigenvalue weighted by Gasteiger charge is 2.48. The highest BCUT2D eigenvalue weighted by molar-refractivity contribution is 7.53. The fourth-order valence-corrected chi connectivity index (χ4v) is 6.04. The van der Waals surface area contributed by atoms with Crippen LogP contribution in [0, 0.1) is 17.3 Å². The van der Waals surface area contributed by atoms with Gasteiger partial charge in [0.15, 0.2) is 0 Å². The van der Waals surface area contributed by atoms with E-state index in [-0.39, 0.29) is 11.5 Å². The van der Waals surface area contributed by atoms with Crippen LogP contribution in [0.1, 0.15) is 46.5 Å². The largest absolute Gasteiger partial charge is 0.345 e. The SMILES string of the molecule is C=C(C)[C@@H]1CCC2=CC[C@@H](OP(=O)(N(C)C)N(C)C)[C@@H](C)[C@@]2(C)C1. The summed E-state index contributed by atoms with van der Waals surface area (Å²) in [4.78, 5) is 0. The number of fused-ring (bicyclic) bond motifs is 1. The lowest BCUT2D eigenvalue weighted by Crippen LogP contribution is -2.44. The number of rotatable bonds is 5. The molecule has 1 saturated carbocycles. The Morgan fingerprint density at radius 1 is 1.33 bits per heavy atom.